The minimum Gasteiger partial charge on any atom is -0.324 e. The van der Waals surface area contributed by atoms with Crippen LogP contribution in [-0.2, 0) is 6.42 Å². The summed E-state index contributed by atoms with van der Waals surface area (Å²) < 4.78 is 1.13. The van der Waals surface area contributed by atoms with Gasteiger partial charge in [0.15, 0.2) is 0 Å². The second-order valence-corrected chi connectivity index (χ2v) is 6.29. The van der Waals surface area contributed by atoms with Crippen LogP contribution in [0.2, 0.25) is 5.02 Å². The first-order valence-corrected chi connectivity index (χ1v) is 7.36. The average Bonchev–Trinajstić information content (AvgIpc) is 2.64. The topological polar surface area (TPSA) is 26.0 Å². The van der Waals surface area contributed by atoms with Crippen LogP contribution in [0.5, 0.6) is 0 Å². The first kappa shape index (κ1) is 13.1. The fourth-order valence-corrected chi connectivity index (χ4v) is 3.66. The van der Waals surface area contributed by atoms with E-state index in [1.165, 1.54) is 4.88 Å². The summed E-state index contributed by atoms with van der Waals surface area (Å²) in [7, 11) is 0. The first-order valence-electron chi connectivity index (χ1n) is 5.31. The van der Waals surface area contributed by atoms with Crippen molar-refractivity contribution in [3.63, 3.8) is 0 Å². The summed E-state index contributed by atoms with van der Waals surface area (Å²) in [6, 6.07) is 8.01. The fourth-order valence-electron chi connectivity index (χ4n) is 1.71. The average molecular weight is 331 g/mol. The minimum absolute atomic E-state index is 0.0574. The molecule has 0 aliphatic carbocycles. The van der Waals surface area contributed by atoms with Gasteiger partial charge in [0.2, 0.25) is 0 Å². The van der Waals surface area contributed by atoms with Gasteiger partial charge in [0.05, 0.1) is 0 Å². The summed E-state index contributed by atoms with van der Waals surface area (Å²) >= 11 is 11.4. The Labute approximate surface area is 119 Å². The monoisotopic (exact) mass is 329 g/mol. The zero-order valence-electron chi connectivity index (χ0n) is 9.41. The second kappa shape index (κ2) is 5.53. The van der Waals surface area contributed by atoms with Crippen LogP contribution >= 0.6 is 38.9 Å². The van der Waals surface area contributed by atoms with Gasteiger partial charge in [-0.25, -0.2) is 0 Å². The van der Waals surface area contributed by atoms with E-state index in [1.807, 2.05) is 31.2 Å². The molecule has 1 nitrogen and oxygen atoms in total. The van der Waals surface area contributed by atoms with Crippen LogP contribution in [0.4, 0.5) is 0 Å². The minimum atomic E-state index is -0.0574. The summed E-state index contributed by atoms with van der Waals surface area (Å²) in [5.74, 6) is 0. The summed E-state index contributed by atoms with van der Waals surface area (Å²) in [6.45, 7) is 2.02. The summed E-state index contributed by atoms with van der Waals surface area (Å²) in [6.07, 6.45) is 0.807. The summed E-state index contributed by atoms with van der Waals surface area (Å²) in [5, 5.41) is 2.81. The molecule has 2 N–H and O–H groups in total. The van der Waals surface area contributed by atoms with E-state index in [0.717, 1.165) is 27.0 Å². The number of thiophene rings is 1. The third-order valence-electron chi connectivity index (χ3n) is 2.65. The van der Waals surface area contributed by atoms with Gasteiger partial charge in [-0.05, 0) is 51.5 Å². The van der Waals surface area contributed by atoms with Gasteiger partial charge in [-0.15, -0.1) is 11.3 Å². The van der Waals surface area contributed by atoms with Crippen LogP contribution in [0.25, 0.3) is 0 Å². The number of benzene rings is 1. The molecule has 2 aromatic rings. The quantitative estimate of drug-likeness (QED) is 0.866. The largest absolute Gasteiger partial charge is 0.324 e. The predicted octanol–water partition coefficient (Wildman–Crippen LogP) is 4.71. The van der Waals surface area contributed by atoms with Crippen molar-refractivity contribution < 1.29 is 0 Å². The van der Waals surface area contributed by atoms with E-state index in [1.54, 1.807) is 11.3 Å². The highest BCUT2D eigenvalue weighted by Gasteiger charge is 2.13. The number of aryl methyl sites for hydroxylation is 1. The lowest BCUT2D eigenvalue weighted by atomic mass is 10.0. The number of hydrogen-bond acceptors (Lipinski definition) is 2. The van der Waals surface area contributed by atoms with E-state index in [0.29, 0.717) is 0 Å². The fraction of sp³-hybridized carbons (Fsp3) is 0.231. The highest BCUT2D eigenvalue weighted by Crippen LogP contribution is 2.30. The maximum absolute atomic E-state index is 6.22. The molecule has 90 valence electrons. The maximum Gasteiger partial charge on any atom is 0.0456 e. The van der Waals surface area contributed by atoms with Gasteiger partial charge in [-0.2, -0.15) is 0 Å². The number of nitrogens with two attached hydrogens (primary N) is 1. The standard InChI is InChI=1S/C13H13BrClNS/c1-8-2-3-9(11(15)6-8)12(16)7-13-10(14)4-5-17-13/h2-6,12H,7,16H2,1H3. The van der Waals surface area contributed by atoms with Crippen LogP contribution in [0, 0.1) is 6.92 Å². The molecule has 0 fully saturated rings. The van der Waals surface area contributed by atoms with E-state index < -0.39 is 0 Å². The number of rotatable bonds is 3. The van der Waals surface area contributed by atoms with Crippen LogP contribution in [-0.4, -0.2) is 0 Å². The lowest BCUT2D eigenvalue weighted by molar-refractivity contribution is 0.728. The van der Waals surface area contributed by atoms with Crippen LogP contribution in [0.15, 0.2) is 34.1 Å². The van der Waals surface area contributed by atoms with Gasteiger partial charge in [-0.3, -0.25) is 0 Å². The maximum atomic E-state index is 6.22. The molecule has 1 atom stereocenters. The molecular weight excluding hydrogens is 318 g/mol. The summed E-state index contributed by atoms with van der Waals surface area (Å²) in [5.41, 5.74) is 8.37. The lowest BCUT2D eigenvalue weighted by Crippen LogP contribution is -2.13. The Morgan fingerprint density at radius 2 is 2.18 bits per heavy atom. The van der Waals surface area contributed by atoms with Crippen LogP contribution in [0.3, 0.4) is 0 Å². The van der Waals surface area contributed by atoms with E-state index >= 15 is 0 Å². The zero-order chi connectivity index (χ0) is 12.4. The Kier molecular flexibility index (Phi) is 4.26. The van der Waals surface area contributed by atoms with Crippen molar-refractivity contribution in [2.75, 3.05) is 0 Å². The van der Waals surface area contributed by atoms with Gasteiger partial charge in [0, 0.05) is 26.8 Å². The molecule has 0 bridgehead atoms. The molecule has 0 amide bonds. The molecule has 1 unspecified atom stereocenters. The highest BCUT2D eigenvalue weighted by molar-refractivity contribution is 9.10. The molecule has 17 heavy (non-hydrogen) atoms. The normalized spacial score (nSPS) is 12.7. The van der Waals surface area contributed by atoms with Crippen molar-refractivity contribution in [2.24, 2.45) is 5.73 Å². The van der Waals surface area contributed by atoms with Gasteiger partial charge < -0.3 is 5.73 Å². The Morgan fingerprint density at radius 1 is 1.41 bits per heavy atom. The third-order valence-corrected chi connectivity index (χ3v) is 4.93. The van der Waals surface area contributed by atoms with Crippen molar-refractivity contribution >= 4 is 38.9 Å². The molecule has 0 aliphatic rings. The van der Waals surface area contributed by atoms with Gasteiger partial charge >= 0.3 is 0 Å². The van der Waals surface area contributed by atoms with E-state index in [-0.39, 0.29) is 6.04 Å². The van der Waals surface area contributed by atoms with Crippen molar-refractivity contribution in [1.29, 1.82) is 0 Å². The molecule has 0 radical (unpaired) electrons. The van der Waals surface area contributed by atoms with Gasteiger partial charge in [0.25, 0.3) is 0 Å². The van der Waals surface area contributed by atoms with E-state index in [2.05, 4.69) is 21.3 Å². The molecular formula is C13H13BrClNS. The third kappa shape index (κ3) is 3.10. The highest BCUT2D eigenvalue weighted by atomic mass is 79.9. The Morgan fingerprint density at radius 3 is 2.76 bits per heavy atom. The Bertz CT molecular complexity index is 524. The molecule has 0 aliphatic heterocycles. The van der Waals surface area contributed by atoms with Crippen LogP contribution < -0.4 is 5.73 Å². The van der Waals surface area contributed by atoms with Crippen molar-refractivity contribution in [3.8, 4) is 0 Å². The first-order chi connectivity index (χ1) is 8.08. The van der Waals surface area contributed by atoms with Crippen LogP contribution in [0.1, 0.15) is 22.0 Å². The summed E-state index contributed by atoms with van der Waals surface area (Å²) in [4.78, 5) is 1.26. The molecule has 1 aromatic heterocycles. The van der Waals surface area contributed by atoms with Crippen molar-refractivity contribution in [3.05, 3.63) is 55.1 Å². The van der Waals surface area contributed by atoms with E-state index in [4.69, 9.17) is 17.3 Å². The smallest absolute Gasteiger partial charge is 0.0456 e. The van der Waals surface area contributed by atoms with Crippen molar-refractivity contribution in [1.82, 2.24) is 0 Å². The van der Waals surface area contributed by atoms with Gasteiger partial charge in [-0.1, -0.05) is 23.7 Å². The number of hydrogen-bond donors (Lipinski definition) is 1. The Hall–Kier alpha value is -0.350. The SMILES string of the molecule is Cc1ccc(C(N)Cc2sccc2Br)c(Cl)c1. The predicted molar refractivity (Wildman–Crippen MR) is 78.8 cm³/mol. The number of halogens is 2. The molecule has 0 saturated carbocycles. The van der Waals surface area contributed by atoms with E-state index in [9.17, 15) is 0 Å². The zero-order valence-corrected chi connectivity index (χ0v) is 12.6. The molecule has 2 rings (SSSR count). The molecule has 4 heteroatoms. The van der Waals surface area contributed by atoms with Crippen molar-refractivity contribution in [2.45, 2.75) is 19.4 Å². The molecule has 0 spiro atoms. The lowest BCUT2D eigenvalue weighted by Gasteiger charge is -2.13. The molecule has 1 heterocycles. The Balaban J connectivity index is 2.20. The molecule has 0 saturated heterocycles. The second-order valence-electron chi connectivity index (χ2n) is 4.03. The van der Waals surface area contributed by atoms with Gasteiger partial charge in [0.1, 0.15) is 0 Å². The molecule has 1 aromatic carbocycles.